The number of carbonyl (C=O) groups excluding carboxylic acids is 1. The number of likely N-dealkylation sites (N-methyl/N-ethyl adjacent to an activating group) is 1. The van der Waals surface area contributed by atoms with Gasteiger partial charge in [0.15, 0.2) is 0 Å². The lowest BCUT2D eigenvalue weighted by atomic mass is 10.1. The maximum Gasteiger partial charge on any atom is 0.317 e. The summed E-state index contributed by atoms with van der Waals surface area (Å²) in [7, 11) is 3.55. The van der Waals surface area contributed by atoms with Crippen LogP contribution in [0, 0.1) is 5.82 Å². The molecule has 0 radical (unpaired) electrons. The third kappa shape index (κ3) is 5.52. The fraction of sp³-hybridized carbons (Fsp3) is 0.562. The average molecular weight is 311 g/mol. The molecular weight excluding hydrogens is 285 g/mol. The highest BCUT2D eigenvalue weighted by molar-refractivity contribution is 5.74. The van der Waals surface area contributed by atoms with E-state index in [1.165, 1.54) is 11.0 Å². The predicted octanol–water partition coefficient (Wildman–Crippen LogP) is 2.19. The summed E-state index contributed by atoms with van der Waals surface area (Å²) in [4.78, 5) is 15.3. The number of hydrogen-bond donors (Lipinski definition) is 2. The van der Waals surface area contributed by atoms with Crippen molar-refractivity contribution in [3.8, 4) is 0 Å². The van der Waals surface area contributed by atoms with E-state index in [0.717, 1.165) is 0 Å². The van der Waals surface area contributed by atoms with Crippen LogP contribution in [0.2, 0.25) is 0 Å². The summed E-state index contributed by atoms with van der Waals surface area (Å²) in [5, 5.41) is 12.5. The average Bonchev–Trinajstić information content (AvgIpc) is 2.40. The first kappa shape index (κ1) is 18.2. The largest absolute Gasteiger partial charge is 0.389 e. The standard InChI is InChI=1S/C16H26FN3O2/c1-6-20(11-16(2,3)22)15(21)18-10-12-7-8-14(19(4)5)13(17)9-12/h7-9,22H,6,10-11H2,1-5H3,(H,18,21). The Morgan fingerprint density at radius 2 is 2.00 bits per heavy atom. The van der Waals surface area contributed by atoms with Gasteiger partial charge in [-0.05, 0) is 38.5 Å². The van der Waals surface area contributed by atoms with E-state index in [9.17, 15) is 14.3 Å². The van der Waals surface area contributed by atoms with Crippen molar-refractivity contribution in [1.82, 2.24) is 10.2 Å². The fourth-order valence-electron chi connectivity index (χ4n) is 2.11. The second kappa shape index (κ2) is 7.45. The van der Waals surface area contributed by atoms with Gasteiger partial charge in [0.1, 0.15) is 5.82 Å². The Labute approximate surface area is 131 Å². The Bertz CT molecular complexity index is 513. The summed E-state index contributed by atoms with van der Waals surface area (Å²) in [6.07, 6.45) is 0. The van der Waals surface area contributed by atoms with Crippen molar-refractivity contribution in [3.05, 3.63) is 29.6 Å². The number of hydrogen-bond acceptors (Lipinski definition) is 3. The molecule has 1 aromatic carbocycles. The molecule has 0 saturated carbocycles. The van der Waals surface area contributed by atoms with Gasteiger partial charge in [-0.2, -0.15) is 0 Å². The van der Waals surface area contributed by atoms with Gasteiger partial charge in [0.25, 0.3) is 0 Å². The summed E-state index contributed by atoms with van der Waals surface area (Å²) >= 11 is 0. The number of aliphatic hydroxyl groups is 1. The highest BCUT2D eigenvalue weighted by Crippen LogP contribution is 2.18. The molecule has 0 bridgehead atoms. The molecule has 2 amide bonds. The Morgan fingerprint density at radius 1 is 1.36 bits per heavy atom. The maximum absolute atomic E-state index is 13.9. The molecule has 0 aliphatic heterocycles. The van der Waals surface area contributed by atoms with Crippen molar-refractivity contribution < 1.29 is 14.3 Å². The van der Waals surface area contributed by atoms with Crippen molar-refractivity contribution in [1.29, 1.82) is 0 Å². The van der Waals surface area contributed by atoms with E-state index < -0.39 is 5.60 Å². The van der Waals surface area contributed by atoms with Gasteiger partial charge in [-0.25, -0.2) is 9.18 Å². The second-order valence-corrected chi connectivity index (χ2v) is 6.17. The zero-order chi connectivity index (χ0) is 16.9. The molecule has 0 fully saturated rings. The molecule has 1 rings (SSSR count). The maximum atomic E-state index is 13.9. The molecule has 0 aliphatic rings. The monoisotopic (exact) mass is 311 g/mol. The van der Waals surface area contributed by atoms with Crippen LogP contribution in [-0.4, -0.2) is 48.8 Å². The van der Waals surface area contributed by atoms with Gasteiger partial charge in [-0.15, -0.1) is 0 Å². The van der Waals surface area contributed by atoms with E-state index in [2.05, 4.69) is 5.32 Å². The summed E-state index contributed by atoms with van der Waals surface area (Å²) in [6.45, 7) is 6.12. The van der Waals surface area contributed by atoms with Crippen molar-refractivity contribution in [2.45, 2.75) is 32.9 Å². The SMILES string of the molecule is CCN(CC(C)(C)O)C(=O)NCc1ccc(N(C)C)c(F)c1. The Morgan fingerprint density at radius 3 is 2.45 bits per heavy atom. The van der Waals surface area contributed by atoms with Gasteiger partial charge in [0.05, 0.1) is 17.8 Å². The number of carbonyl (C=O) groups is 1. The molecule has 0 atom stereocenters. The van der Waals surface area contributed by atoms with E-state index in [0.29, 0.717) is 17.8 Å². The van der Waals surface area contributed by atoms with Gasteiger partial charge in [0.2, 0.25) is 0 Å². The molecule has 0 heterocycles. The number of halogens is 1. The minimum Gasteiger partial charge on any atom is -0.389 e. The van der Waals surface area contributed by atoms with E-state index in [1.807, 2.05) is 6.92 Å². The third-order valence-corrected chi connectivity index (χ3v) is 3.18. The lowest BCUT2D eigenvalue weighted by molar-refractivity contribution is 0.0480. The molecule has 6 heteroatoms. The normalized spacial score (nSPS) is 11.2. The molecule has 0 aliphatic carbocycles. The molecule has 0 unspecified atom stereocenters. The highest BCUT2D eigenvalue weighted by atomic mass is 19.1. The molecule has 22 heavy (non-hydrogen) atoms. The Hall–Kier alpha value is -1.82. The topological polar surface area (TPSA) is 55.8 Å². The number of nitrogens with one attached hydrogen (secondary N) is 1. The van der Waals surface area contributed by atoms with Crippen LogP contribution in [-0.2, 0) is 6.54 Å². The Balaban J connectivity index is 2.65. The van der Waals surface area contributed by atoms with E-state index >= 15 is 0 Å². The molecule has 5 nitrogen and oxygen atoms in total. The predicted molar refractivity (Wildman–Crippen MR) is 86.5 cm³/mol. The number of rotatable bonds is 6. The van der Waals surface area contributed by atoms with Crippen LogP contribution < -0.4 is 10.2 Å². The van der Waals surface area contributed by atoms with Gasteiger partial charge < -0.3 is 20.2 Å². The first-order valence-electron chi connectivity index (χ1n) is 7.35. The van der Waals surface area contributed by atoms with Gasteiger partial charge in [-0.1, -0.05) is 6.07 Å². The first-order chi connectivity index (χ1) is 10.1. The van der Waals surface area contributed by atoms with Crippen LogP contribution >= 0.6 is 0 Å². The molecule has 1 aromatic rings. The Kier molecular flexibility index (Phi) is 6.17. The zero-order valence-corrected chi connectivity index (χ0v) is 14.0. The molecule has 0 spiro atoms. The van der Waals surface area contributed by atoms with Gasteiger partial charge in [-0.3, -0.25) is 0 Å². The van der Waals surface area contributed by atoms with Crippen molar-refractivity contribution in [2.24, 2.45) is 0 Å². The highest BCUT2D eigenvalue weighted by Gasteiger charge is 2.21. The molecule has 124 valence electrons. The van der Waals surface area contributed by atoms with E-state index in [-0.39, 0.29) is 24.9 Å². The fourth-order valence-corrected chi connectivity index (χ4v) is 2.11. The van der Waals surface area contributed by atoms with Crippen molar-refractivity contribution in [2.75, 3.05) is 32.1 Å². The minimum absolute atomic E-state index is 0.239. The second-order valence-electron chi connectivity index (χ2n) is 6.17. The van der Waals surface area contributed by atoms with Gasteiger partial charge in [0, 0.05) is 27.2 Å². The van der Waals surface area contributed by atoms with Crippen LogP contribution in [0.25, 0.3) is 0 Å². The number of benzene rings is 1. The lowest BCUT2D eigenvalue weighted by Crippen LogP contribution is -2.46. The lowest BCUT2D eigenvalue weighted by Gasteiger charge is -2.28. The van der Waals surface area contributed by atoms with Gasteiger partial charge >= 0.3 is 6.03 Å². The third-order valence-electron chi connectivity index (χ3n) is 3.18. The summed E-state index contributed by atoms with van der Waals surface area (Å²) in [6, 6.07) is 4.61. The zero-order valence-electron chi connectivity index (χ0n) is 14.0. The molecular formula is C16H26FN3O2. The number of amides is 2. The van der Waals surface area contributed by atoms with E-state index in [1.54, 1.807) is 45.0 Å². The minimum atomic E-state index is -0.952. The molecule has 2 N–H and O–H groups in total. The number of urea groups is 1. The summed E-state index contributed by atoms with van der Waals surface area (Å²) in [5.74, 6) is -0.319. The van der Waals surface area contributed by atoms with Crippen molar-refractivity contribution >= 4 is 11.7 Å². The van der Waals surface area contributed by atoms with Crippen LogP contribution in [0.3, 0.4) is 0 Å². The van der Waals surface area contributed by atoms with Crippen LogP contribution in [0.15, 0.2) is 18.2 Å². The van der Waals surface area contributed by atoms with Crippen LogP contribution in [0.5, 0.6) is 0 Å². The molecule has 0 saturated heterocycles. The summed E-state index contributed by atoms with van der Waals surface area (Å²) < 4.78 is 13.9. The van der Waals surface area contributed by atoms with Crippen molar-refractivity contribution in [3.63, 3.8) is 0 Å². The first-order valence-corrected chi connectivity index (χ1v) is 7.35. The quantitative estimate of drug-likeness (QED) is 0.847. The van der Waals surface area contributed by atoms with E-state index in [4.69, 9.17) is 0 Å². The number of nitrogens with zero attached hydrogens (tertiary/aromatic N) is 2. The van der Waals surface area contributed by atoms with Crippen LogP contribution in [0.4, 0.5) is 14.9 Å². The summed E-state index contributed by atoms with van der Waals surface area (Å²) in [5.41, 5.74) is 0.246. The van der Waals surface area contributed by atoms with Crippen LogP contribution in [0.1, 0.15) is 26.3 Å². The smallest absolute Gasteiger partial charge is 0.317 e. The number of anilines is 1. The molecule has 0 aromatic heterocycles.